The van der Waals surface area contributed by atoms with Crippen LogP contribution in [-0.2, 0) is 7.05 Å². The zero-order chi connectivity index (χ0) is 22.8. The first-order valence-electron chi connectivity index (χ1n) is 11.6. The lowest BCUT2D eigenvalue weighted by molar-refractivity contribution is 0.417. The van der Waals surface area contributed by atoms with Gasteiger partial charge in [0.15, 0.2) is 0 Å². The number of nitrogens with zero attached hydrogens (tertiary/aromatic N) is 1. The predicted molar refractivity (Wildman–Crippen MR) is 148 cm³/mol. The van der Waals surface area contributed by atoms with Crippen LogP contribution in [0.25, 0.3) is 44.1 Å². The van der Waals surface area contributed by atoms with E-state index in [1.807, 2.05) is 11.3 Å². The molecule has 0 saturated carbocycles. The fourth-order valence-corrected chi connectivity index (χ4v) is 10.9. The van der Waals surface area contributed by atoms with Gasteiger partial charge in [-0.15, -0.1) is 0 Å². The number of ether oxygens (including phenoxy) is 1. The Morgan fingerprint density at radius 2 is 1.56 bits per heavy atom. The van der Waals surface area contributed by atoms with Gasteiger partial charge in [0.05, 0.1) is 12.6 Å². The summed E-state index contributed by atoms with van der Waals surface area (Å²) in [7, 11) is 2.35. The van der Waals surface area contributed by atoms with Crippen LogP contribution in [0, 0.1) is 0 Å². The Hall–Kier alpha value is -3.60. The molecule has 4 heteroatoms. The molecule has 6 aromatic rings. The van der Waals surface area contributed by atoms with Gasteiger partial charge in [0.1, 0.15) is 14.5 Å². The number of methoxy groups -OCH3 is 1. The molecular formula is C30H23NOSSi. The van der Waals surface area contributed by atoms with Gasteiger partial charge >= 0.3 is 0 Å². The number of hydrogen-bond donors (Lipinski definition) is 0. The van der Waals surface area contributed by atoms with E-state index in [9.17, 15) is 0 Å². The van der Waals surface area contributed by atoms with Crippen molar-refractivity contribution in [1.82, 2.24) is 4.57 Å². The van der Waals surface area contributed by atoms with Crippen LogP contribution in [0.1, 0.15) is 0 Å². The van der Waals surface area contributed by atoms with Crippen molar-refractivity contribution in [2.45, 2.75) is 0 Å². The summed E-state index contributed by atoms with van der Waals surface area (Å²) in [5, 5.41) is 8.00. The summed E-state index contributed by atoms with van der Waals surface area (Å²) in [6.45, 7) is 0. The third kappa shape index (κ3) is 2.61. The molecule has 0 saturated heterocycles. The van der Waals surface area contributed by atoms with Crippen LogP contribution >= 0.6 is 11.3 Å². The highest BCUT2D eigenvalue weighted by Crippen LogP contribution is 2.46. The average Bonchev–Trinajstić information content (AvgIpc) is 3.49. The van der Waals surface area contributed by atoms with E-state index in [4.69, 9.17) is 4.74 Å². The summed E-state index contributed by atoms with van der Waals surface area (Å²) in [5.41, 5.74) is 7.52. The first-order chi connectivity index (χ1) is 16.8. The second kappa shape index (κ2) is 7.45. The molecular weight excluding hydrogens is 450 g/mol. The van der Waals surface area contributed by atoms with Crippen LogP contribution in [-0.4, -0.2) is 20.5 Å². The topological polar surface area (TPSA) is 14.2 Å². The van der Waals surface area contributed by atoms with Crippen LogP contribution in [0.5, 0.6) is 5.75 Å². The highest BCUT2D eigenvalue weighted by molar-refractivity contribution is 7.26. The molecule has 0 spiro atoms. The molecule has 0 aliphatic carbocycles. The molecule has 2 aromatic heterocycles. The summed E-state index contributed by atoms with van der Waals surface area (Å²) in [5.74, 6) is 0.923. The maximum absolute atomic E-state index is 6.08. The number of thiophene rings is 1. The van der Waals surface area contributed by atoms with Crippen molar-refractivity contribution in [3.05, 3.63) is 96.4 Å². The van der Waals surface area contributed by atoms with Crippen molar-refractivity contribution in [3.63, 3.8) is 0 Å². The second-order valence-corrected chi connectivity index (χ2v) is 13.1. The van der Waals surface area contributed by atoms with Gasteiger partial charge in [0.25, 0.3) is 0 Å². The molecule has 0 fully saturated rings. The molecule has 0 radical (unpaired) electrons. The monoisotopic (exact) mass is 473 g/mol. The Bertz CT molecular complexity index is 1700. The smallest absolute Gasteiger partial charge is 0.147 e. The molecule has 1 aliphatic rings. The first-order valence-corrected chi connectivity index (χ1v) is 14.2. The van der Waals surface area contributed by atoms with E-state index in [-0.39, 0.29) is 0 Å². The first kappa shape index (κ1) is 19.8. The normalized spacial score (nSPS) is 14.5. The molecule has 4 aromatic carbocycles. The summed E-state index contributed by atoms with van der Waals surface area (Å²) in [4.78, 5) is 0. The van der Waals surface area contributed by atoms with Crippen LogP contribution < -0.4 is 19.6 Å². The lowest BCUT2D eigenvalue weighted by Gasteiger charge is -2.19. The van der Waals surface area contributed by atoms with Gasteiger partial charge < -0.3 is 9.30 Å². The lowest BCUT2D eigenvalue weighted by Crippen LogP contribution is -2.51. The van der Waals surface area contributed by atoms with Crippen molar-refractivity contribution < 1.29 is 4.74 Å². The minimum absolute atomic E-state index is 0.923. The molecule has 7 rings (SSSR count). The molecule has 0 N–H and O–H groups in total. The van der Waals surface area contributed by atoms with E-state index in [0.29, 0.717) is 0 Å². The number of aromatic nitrogens is 1. The maximum atomic E-state index is 6.08. The van der Waals surface area contributed by atoms with Crippen LogP contribution in [0.4, 0.5) is 0 Å². The third-order valence-corrected chi connectivity index (χ3v) is 12.1. The van der Waals surface area contributed by atoms with Crippen molar-refractivity contribution in [2.24, 2.45) is 7.05 Å². The quantitative estimate of drug-likeness (QED) is 0.318. The number of aryl methyl sites for hydroxylation is 1. The number of fused-ring (bicyclic) bond motifs is 2. The Labute approximate surface area is 204 Å². The van der Waals surface area contributed by atoms with Gasteiger partial charge in [-0.05, 0) is 49.1 Å². The molecule has 34 heavy (non-hydrogen) atoms. The van der Waals surface area contributed by atoms with Gasteiger partial charge in [0.2, 0.25) is 0 Å². The minimum Gasteiger partial charge on any atom is -0.496 e. The maximum Gasteiger partial charge on any atom is 0.147 e. The van der Waals surface area contributed by atoms with E-state index in [1.165, 1.54) is 58.9 Å². The van der Waals surface area contributed by atoms with E-state index in [0.717, 1.165) is 5.75 Å². The van der Waals surface area contributed by atoms with Crippen LogP contribution in [0.2, 0.25) is 0 Å². The Morgan fingerprint density at radius 3 is 2.35 bits per heavy atom. The zero-order valence-corrected chi connectivity index (χ0v) is 21.0. The van der Waals surface area contributed by atoms with Gasteiger partial charge in [-0.25, -0.2) is 0 Å². The zero-order valence-electron chi connectivity index (χ0n) is 19.1. The fourth-order valence-electron chi connectivity index (χ4n) is 5.88. The Morgan fingerprint density at radius 1 is 0.765 bits per heavy atom. The summed E-state index contributed by atoms with van der Waals surface area (Å²) < 4.78 is 9.98. The van der Waals surface area contributed by atoms with Gasteiger partial charge in [-0.1, -0.05) is 78.9 Å². The lowest BCUT2D eigenvalue weighted by atomic mass is 9.93. The minimum atomic E-state index is -1.65. The molecule has 0 bridgehead atoms. The summed E-state index contributed by atoms with van der Waals surface area (Å²) in [6.07, 6.45) is 0. The Balaban J connectivity index is 1.75. The van der Waals surface area contributed by atoms with Crippen molar-refractivity contribution >= 4 is 56.8 Å². The largest absolute Gasteiger partial charge is 0.496 e. The molecule has 2 nitrogen and oxygen atoms in total. The summed E-state index contributed by atoms with van der Waals surface area (Å²) >= 11 is 1.90. The summed E-state index contributed by atoms with van der Waals surface area (Å²) in [6, 6.07) is 33.4. The number of rotatable bonds is 3. The van der Waals surface area contributed by atoms with Crippen molar-refractivity contribution in [3.8, 4) is 28.0 Å². The highest BCUT2D eigenvalue weighted by Gasteiger charge is 2.32. The van der Waals surface area contributed by atoms with Crippen molar-refractivity contribution in [1.29, 1.82) is 0 Å². The average molecular weight is 474 g/mol. The highest BCUT2D eigenvalue weighted by atomic mass is 32.1. The standard InChI is InChI=1S/C30H23NOSSi/c1-31-22-13-8-15-25-29(22)28-21(18-23(32-2)27(30(28)31)19-10-4-3-5-11-19)20-12-6-7-14-24(20)34(25)26-16-9-17-33-26/h3-18,34H,1-2H3/t34-/m0/s1. The predicted octanol–water partition coefficient (Wildman–Crippen LogP) is 5.30. The molecule has 0 amide bonds. The third-order valence-electron chi connectivity index (χ3n) is 7.27. The van der Waals surface area contributed by atoms with Crippen LogP contribution in [0.15, 0.2) is 96.4 Å². The van der Waals surface area contributed by atoms with Crippen molar-refractivity contribution in [2.75, 3.05) is 7.11 Å². The van der Waals surface area contributed by atoms with E-state index in [1.54, 1.807) is 7.11 Å². The molecule has 1 atom stereocenters. The van der Waals surface area contributed by atoms with Crippen LogP contribution in [0.3, 0.4) is 0 Å². The van der Waals surface area contributed by atoms with Gasteiger partial charge in [-0.2, -0.15) is 11.3 Å². The van der Waals surface area contributed by atoms with E-state index >= 15 is 0 Å². The number of hydrogen-bond acceptors (Lipinski definition) is 2. The number of benzene rings is 4. The SMILES string of the molecule is COc1cc2c3c4c(cccc4n(C)c3c1-c1ccccc1)[Si@@H](c1cccs1)c1ccccc1-2. The second-order valence-electron chi connectivity index (χ2n) is 8.93. The molecule has 164 valence electrons. The Kier molecular flexibility index (Phi) is 4.35. The van der Waals surface area contributed by atoms with E-state index < -0.39 is 8.80 Å². The van der Waals surface area contributed by atoms with Gasteiger partial charge in [-0.3, -0.25) is 0 Å². The molecule has 3 heterocycles. The van der Waals surface area contributed by atoms with Gasteiger partial charge in [0, 0.05) is 28.9 Å². The molecule has 1 aliphatic heterocycles. The van der Waals surface area contributed by atoms with E-state index in [2.05, 4.69) is 108 Å². The molecule has 0 unspecified atom stereocenters. The fraction of sp³-hybridized carbons (Fsp3) is 0.0667.